The van der Waals surface area contributed by atoms with E-state index in [1.165, 1.54) is 18.2 Å². The van der Waals surface area contributed by atoms with Crippen LogP contribution in [-0.2, 0) is 11.3 Å². The molecule has 0 spiro atoms. The summed E-state index contributed by atoms with van der Waals surface area (Å²) in [5.74, 6) is -0.753. The van der Waals surface area contributed by atoms with E-state index in [0.29, 0.717) is 10.6 Å². The second-order valence-electron chi connectivity index (χ2n) is 6.53. The van der Waals surface area contributed by atoms with Crippen LogP contribution in [0.5, 0.6) is 0 Å². The number of benzene rings is 2. The Morgan fingerprint density at radius 2 is 1.78 bits per heavy atom. The molecule has 1 fully saturated rings. The first-order valence-corrected chi connectivity index (χ1v) is 9.10. The Balaban J connectivity index is 1.45. The fraction of sp³-hybridized carbons (Fsp3) is 0.300. The Kier molecular flexibility index (Phi) is 6.40. The Morgan fingerprint density at radius 1 is 1.11 bits per heavy atom. The molecule has 0 radical (unpaired) electrons. The molecule has 5 nitrogen and oxygen atoms in total. The summed E-state index contributed by atoms with van der Waals surface area (Å²) in [5.41, 5.74) is 1.93. The van der Waals surface area contributed by atoms with Gasteiger partial charge in [0.05, 0.1) is 23.9 Å². The van der Waals surface area contributed by atoms with Crippen LogP contribution in [0.4, 0.5) is 10.1 Å². The molecule has 0 bridgehead atoms. The van der Waals surface area contributed by atoms with E-state index in [9.17, 15) is 9.18 Å². The second-order valence-corrected chi connectivity index (χ2v) is 6.97. The smallest absolute Gasteiger partial charge is 0.238 e. The van der Waals surface area contributed by atoms with E-state index in [-0.39, 0.29) is 18.1 Å². The average Bonchev–Trinajstić information content (AvgIpc) is 2.67. The Bertz CT molecular complexity index is 842. The molecular weight excluding hydrogens is 367 g/mol. The molecule has 0 aliphatic carbocycles. The first kappa shape index (κ1) is 19.3. The van der Waals surface area contributed by atoms with Gasteiger partial charge in [-0.3, -0.25) is 14.6 Å². The number of hydrogen-bond acceptors (Lipinski definition) is 4. The predicted molar refractivity (Wildman–Crippen MR) is 103 cm³/mol. The normalized spacial score (nSPS) is 15.3. The van der Waals surface area contributed by atoms with Gasteiger partial charge in [-0.1, -0.05) is 23.7 Å². The lowest BCUT2D eigenvalue weighted by atomic mass is 10.1. The molecule has 0 aromatic heterocycles. The maximum atomic E-state index is 13.7. The molecule has 0 unspecified atom stereocenters. The summed E-state index contributed by atoms with van der Waals surface area (Å²) in [6, 6.07) is 13.8. The maximum Gasteiger partial charge on any atom is 0.238 e. The number of amides is 1. The first-order chi connectivity index (χ1) is 13.0. The summed E-state index contributed by atoms with van der Waals surface area (Å²) in [5, 5.41) is 11.8. The number of carbonyl (C=O) groups excluding carboxylic acids is 1. The molecule has 1 amide bonds. The van der Waals surface area contributed by atoms with Crippen LogP contribution in [0.1, 0.15) is 11.1 Å². The van der Waals surface area contributed by atoms with Crippen molar-refractivity contribution in [3.05, 3.63) is 64.4 Å². The van der Waals surface area contributed by atoms with Crippen LogP contribution >= 0.6 is 11.6 Å². The van der Waals surface area contributed by atoms with Gasteiger partial charge in [-0.05, 0) is 35.9 Å². The molecule has 1 aliphatic rings. The minimum Gasteiger partial charge on any atom is -0.322 e. The fourth-order valence-electron chi connectivity index (χ4n) is 3.03. The highest BCUT2D eigenvalue weighted by molar-refractivity contribution is 6.30. The van der Waals surface area contributed by atoms with Crippen molar-refractivity contribution in [2.24, 2.45) is 0 Å². The minimum atomic E-state index is -0.500. The fourth-order valence-corrected chi connectivity index (χ4v) is 3.21. The van der Waals surface area contributed by atoms with E-state index in [2.05, 4.69) is 16.3 Å². The minimum absolute atomic E-state index is 0.104. The lowest BCUT2D eigenvalue weighted by Gasteiger charge is -2.34. The van der Waals surface area contributed by atoms with Gasteiger partial charge in [0.15, 0.2) is 0 Å². The monoisotopic (exact) mass is 386 g/mol. The Labute approximate surface area is 162 Å². The van der Waals surface area contributed by atoms with Gasteiger partial charge in [-0.25, -0.2) is 4.39 Å². The highest BCUT2D eigenvalue weighted by atomic mass is 35.5. The van der Waals surface area contributed by atoms with E-state index < -0.39 is 5.82 Å². The molecule has 0 atom stereocenters. The summed E-state index contributed by atoms with van der Waals surface area (Å²) in [6.45, 7) is 4.26. The SMILES string of the molecule is N#Cc1ccc(CN2CCN(CC(=O)Nc3cc(Cl)ccc3F)CC2)cc1. The zero-order valence-electron chi connectivity index (χ0n) is 14.8. The van der Waals surface area contributed by atoms with Gasteiger partial charge in [-0.2, -0.15) is 5.26 Å². The molecule has 7 heteroatoms. The van der Waals surface area contributed by atoms with Crippen LogP contribution in [0.3, 0.4) is 0 Å². The molecule has 1 N–H and O–H groups in total. The number of piperazine rings is 1. The van der Waals surface area contributed by atoms with Crippen molar-refractivity contribution < 1.29 is 9.18 Å². The van der Waals surface area contributed by atoms with E-state index in [1.807, 2.05) is 29.2 Å². The molecule has 27 heavy (non-hydrogen) atoms. The van der Waals surface area contributed by atoms with Crippen molar-refractivity contribution in [3.8, 4) is 6.07 Å². The molecule has 1 heterocycles. The van der Waals surface area contributed by atoms with Gasteiger partial charge in [0, 0.05) is 37.7 Å². The van der Waals surface area contributed by atoms with Gasteiger partial charge in [-0.15, -0.1) is 0 Å². The van der Waals surface area contributed by atoms with E-state index in [1.54, 1.807) is 0 Å². The summed E-state index contributed by atoms with van der Waals surface area (Å²) in [7, 11) is 0. The molecule has 1 aliphatic heterocycles. The van der Waals surface area contributed by atoms with Gasteiger partial charge >= 0.3 is 0 Å². The van der Waals surface area contributed by atoms with Crippen LogP contribution in [-0.4, -0.2) is 48.4 Å². The van der Waals surface area contributed by atoms with Crippen molar-refractivity contribution in [1.29, 1.82) is 5.26 Å². The molecule has 2 aromatic carbocycles. The summed E-state index contributed by atoms with van der Waals surface area (Å²) < 4.78 is 13.7. The van der Waals surface area contributed by atoms with Crippen LogP contribution in [0.15, 0.2) is 42.5 Å². The predicted octanol–water partition coefficient (Wildman–Crippen LogP) is 3.11. The number of anilines is 1. The highest BCUT2D eigenvalue weighted by Crippen LogP contribution is 2.19. The molecule has 140 valence electrons. The van der Waals surface area contributed by atoms with Crippen LogP contribution < -0.4 is 5.32 Å². The lowest BCUT2D eigenvalue weighted by molar-refractivity contribution is -0.117. The Morgan fingerprint density at radius 3 is 2.44 bits per heavy atom. The summed E-state index contributed by atoms with van der Waals surface area (Å²) in [4.78, 5) is 16.5. The first-order valence-electron chi connectivity index (χ1n) is 8.72. The number of carbonyl (C=O) groups is 1. The number of nitriles is 1. The quantitative estimate of drug-likeness (QED) is 0.857. The third-order valence-electron chi connectivity index (χ3n) is 4.52. The standard InChI is InChI=1S/C20H20ClFN4O/c21-17-5-6-18(22)19(11-17)24-20(27)14-26-9-7-25(8-10-26)13-16-3-1-15(12-23)2-4-16/h1-6,11H,7-10,13-14H2,(H,24,27). The van der Waals surface area contributed by atoms with E-state index in [0.717, 1.165) is 38.3 Å². The zero-order valence-corrected chi connectivity index (χ0v) is 15.5. The third-order valence-corrected chi connectivity index (χ3v) is 4.76. The van der Waals surface area contributed by atoms with Gasteiger partial charge < -0.3 is 5.32 Å². The number of nitrogens with one attached hydrogen (secondary N) is 1. The molecule has 0 saturated carbocycles. The highest BCUT2D eigenvalue weighted by Gasteiger charge is 2.19. The van der Waals surface area contributed by atoms with E-state index >= 15 is 0 Å². The van der Waals surface area contributed by atoms with Crippen molar-refractivity contribution in [2.45, 2.75) is 6.54 Å². The lowest BCUT2D eigenvalue weighted by Crippen LogP contribution is -2.48. The van der Waals surface area contributed by atoms with Crippen LogP contribution in [0.2, 0.25) is 5.02 Å². The van der Waals surface area contributed by atoms with Crippen LogP contribution in [0.25, 0.3) is 0 Å². The van der Waals surface area contributed by atoms with Crippen LogP contribution in [0, 0.1) is 17.1 Å². The maximum absolute atomic E-state index is 13.7. The van der Waals surface area contributed by atoms with Crippen molar-refractivity contribution in [2.75, 3.05) is 38.0 Å². The largest absolute Gasteiger partial charge is 0.322 e. The van der Waals surface area contributed by atoms with Gasteiger partial charge in [0.25, 0.3) is 0 Å². The van der Waals surface area contributed by atoms with Gasteiger partial charge in [0.1, 0.15) is 5.82 Å². The van der Waals surface area contributed by atoms with E-state index in [4.69, 9.17) is 16.9 Å². The number of rotatable bonds is 5. The topological polar surface area (TPSA) is 59.4 Å². The second kappa shape index (κ2) is 8.96. The number of nitrogens with zero attached hydrogens (tertiary/aromatic N) is 3. The molecule has 2 aromatic rings. The molecule has 3 rings (SSSR count). The molecular formula is C20H20ClFN4O. The number of halogens is 2. The van der Waals surface area contributed by atoms with Gasteiger partial charge in [0.2, 0.25) is 5.91 Å². The number of hydrogen-bond donors (Lipinski definition) is 1. The summed E-state index contributed by atoms with van der Waals surface area (Å²) >= 11 is 5.84. The Hall–Kier alpha value is -2.46. The average molecular weight is 387 g/mol. The molecule has 1 saturated heterocycles. The van der Waals surface area contributed by atoms with Crippen molar-refractivity contribution in [1.82, 2.24) is 9.80 Å². The zero-order chi connectivity index (χ0) is 19.2. The summed E-state index contributed by atoms with van der Waals surface area (Å²) in [6.07, 6.45) is 0. The van der Waals surface area contributed by atoms with Crippen molar-refractivity contribution in [3.63, 3.8) is 0 Å². The van der Waals surface area contributed by atoms with Crippen molar-refractivity contribution >= 4 is 23.2 Å². The third kappa shape index (κ3) is 5.51.